The van der Waals surface area contributed by atoms with Crippen molar-refractivity contribution in [2.24, 2.45) is 14.1 Å². The fraction of sp³-hybridized carbons (Fsp3) is 0.0164. The van der Waals surface area contributed by atoms with Gasteiger partial charge in [0.15, 0.2) is 16.1 Å². The van der Waals surface area contributed by atoms with E-state index in [1.165, 1.54) is 103 Å². The maximum absolute atomic E-state index is 5.43. The number of para-hydroxylation sites is 4. The normalized spacial score (nSPS) is 13.0. The van der Waals surface area contributed by atoms with E-state index < -0.39 is 32.3 Å². The number of aryl methyl sites for hydroxylation is 2. The maximum atomic E-state index is 5.43. The summed E-state index contributed by atoms with van der Waals surface area (Å²) in [6, 6.07) is 186. The fourth-order valence-electron chi connectivity index (χ4n) is 22.3. The van der Waals surface area contributed by atoms with Gasteiger partial charge in [0.2, 0.25) is 0 Å². The number of thiophene rings is 2. The van der Waals surface area contributed by atoms with Gasteiger partial charge in [-0.25, -0.2) is 9.97 Å². The molecule has 0 atom stereocenters. The quantitative estimate of drug-likeness (QED) is 0.0546. The smallest absolute Gasteiger partial charge is 0.367 e. The van der Waals surface area contributed by atoms with Crippen LogP contribution in [-0.4, -0.2) is 61.4 Å². The van der Waals surface area contributed by atoms with Gasteiger partial charge in [-0.1, -0.05) is 333 Å². The molecular weight excluding hydrogens is 1970 g/mol. The summed E-state index contributed by atoms with van der Waals surface area (Å²) in [5.41, 5.74) is 10.2. The molecule has 16 heteroatoms. The van der Waals surface area contributed by atoms with E-state index in [2.05, 4.69) is 518 Å². The first kappa shape index (κ1) is 87.5. The van der Waals surface area contributed by atoms with E-state index in [1.54, 1.807) is 0 Å². The molecule has 0 radical (unpaired) electrons. The van der Waals surface area contributed by atoms with E-state index >= 15 is 0 Å². The summed E-state index contributed by atoms with van der Waals surface area (Å²) < 4.78 is 9.56. The summed E-state index contributed by atoms with van der Waals surface area (Å²) >= 11 is 3.79. The average Bonchev–Trinajstić information content (AvgIpc) is 1.21. The second-order valence-corrected chi connectivity index (χ2v) is 52.0. The molecule has 6 aromatic heterocycles. The van der Waals surface area contributed by atoms with Gasteiger partial charge in [0.05, 0.1) is 33.7 Å². The van der Waals surface area contributed by atoms with Crippen LogP contribution in [0.2, 0.25) is 0 Å². The standard InChI is InChI=1S/2C61H42N4SSi2.2Pd/c1-64-54-35-16-15-34-53(54)63-60(64)43-21-18-31-49(41-43)67(45-23-6-2-7-24-45,46-25-8-3-9-26-46)50-32-19-22-44(42-50)65-55-39-38-52-51-33-14-17-36-56(51)66-58(52)59(55)68(47-27-10-4-11-28-47,48-29-12-5-13-30-48)57-37-20-40-62-61(57)65;1-64-53-35-16-15-34-52(53)63-60(64)43-21-18-31-49(41-43)67(45-23-6-2-7-24-45,46-25-8-3-9-26-46)50-32-19-22-44(42-50)65-54-38-39-56-58(51-33-14-17-36-55(51)66-56)59(54)68(47-27-10-4-11-28-47,48-29-12-5-13-30-48)57-37-20-40-62-61(57)65;;/h2*2-40H,1H3;;/q2*-2;2*+2. The van der Waals surface area contributed by atoms with Crippen molar-refractivity contribution in [2.45, 2.75) is 0 Å². The van der Waals surface area contributed by atoms with Crippen molar-refractivity contribution in [1.82, 2.24) is 29.1 Å². The van der Waals surface area contributed by atoms with Crippen molar-refractivity contribution >= 4 is 235 Å². The van der Waals surface area contributed by atoms with Gasteiger partial charge in [0.1, 0.15) is 27.8 Å². The molecule has 2 aliphatic rings. The summed E-state index contributed by atoms with van der Waals surface area (Å²) in [5.74, 6) is 3.66. The van der Waals surface area contributed by atoms with E-state index in [4.69, 9.17) is 19.9 Å². The Bertz CT molecular complexity index is 8530. The minimum Gasteiger partial charge on any atom is -0.367 e. The zero-order valence-corrected chi connectivity index (χ0v) is 83.8. The molecule has 26 rings (SSSR count). The van der Waals surface area contributed by atoms with Crippen molar-refractivity contribution in [3.8, 4) is 22.8 Å². The van der Waals surface area contributed by atoms with Gasteiger partial charge < -0.3 is 18.9 Å². The van der Waals surface area contributed by atoms with E-state index in [9.17, 15) is 0 Å². The molecule has 18 aromatic carbocycles. The average molecular weight is 2050 g/mol. The Kier molecular flexibility index (Phi) is 22.9. The van der Waals surface area contributed by atoms with Gasteiger partial charge in [-0.15, -0.1) is 105 Å². The van der Waals surface area contributed by atoms with Crippen LogP contribution in [0, 0.1) is 24.3 Å². The van der Waals surface area contributed by atoms with Gasteiger partial charge in [0, 0.05) is 78.2 Å². The van der Waals surface area contributed by atoms with Crippen molar-refractivity contribution in [3.05, 3.63) is 498 Å². The molecule has 8 nitrogen and oxygen atoms in total. The van der Waals surface area contributed by atoms with Crippen molar-refractivity contribution in [1.29, 1.82) is 0 Å². The van der Waals surface area contributed by atoms with Crippen LogP contribution in [0.5, 0.6) is 0 Å². The molecule has 0 fully saturated rings. The molecule has 660 valence electrons. The topological polar surface area (TPSA) is 67.9 Å². The third-order valence-corrected chi connectivity index (χ3v) is 49.5. The van der Waals surface area contributed by atoms with Crippen LogP contribution in [0.15, 0.2) is 473 Å². The third kappa shape index (κ3) is 13.8. The molecular formula is C122H84N8Pd2S2Si4. The molecule has 0 saturated carbocycles. The minimum absolute atomic E-state index is 0. The minimum atomic E-state index is -3.19. The maximum Gasteiger partial charge on any atom is 2.00 e. The van der Waals surface area contributed by atoms with Crippen LogP contribution in [0.3, 0.4) is 0 Å². The molecule has 0 N–H and O–H groups in total. The number of rotatable bonds is 16. The van der Waals surface area contributed by atoms with E-state index in [0.29, 0.717) is 0 Å². The third-order valence-electron chi connectivity index (χ3n) is 28.0. The number of aromatic nitrogens is 6. The number of imidazole rings is 2. The van der Waals surface area contributed by atoms with E-state index in [-0.39, 0.29) is 40.8 Å². The predicted molar refractivity (Wildman–Crippen MR) is 580 cm³/mol. The van der Waals surface area contributed by atoms with Gasteiger partial charge in [-0.2, -0.15) is 46.8 Å². The molecule has 8 heterocycles. The van der Waals surface area contributed by atoms with Crippen LogP contribution >= 0.6 is 22.7 Å². The number of fused-ring (bicyclic) bond motifs is 14. The number of pyridine rings is 2. The number of hydrogen-bond donors (Lipinski definition) is 0. The molecule has 0 saturated heterocycles. The van der Waals surface area contributed by atoms with Gasteiger partial charge in [-0.05, 0) is 129 Å². The summed E-state index contributed by atoms with van der Waals surface area (Å²) in [5, 5.41) is 25.3. The number of hydrogen-bond acceptors (Lipinski definition) is 8. The van der Waals surface area contributed by atoms with Crippen molar-refractivity contribution < 1.29 is 40.8 Å². The van der Waals surface area contributed by atoms with Gasteiger partial charge in [0.25, 0.3) is 0 Å². The summed E-state index contributed by atoms with van der Waals surface area (Å²) in [4.78, 5) is 26.0. The Hall–Kier alpha value is -14.6. The number of benzene rings is 18. The predicted octanol–water partition coefficient (Wildman–Crippen LogP) is 18.3. The number of nitrogens with zero attached hydrogens (tertiary/aromatic N) is 8. The SMILES string of the molecule is Cn1c(-c2[c-]c([Si](c3[c-]c(N4c5ccc6c(sc7ccccc76)c5[Si](c5ccccc5)(c5ccccc5)c5cccnc54)ccc3)(c3ccccc3)c3ccccc3)ccc2)nc2ccccc21.Cn1c(-c2[c-]c([Si](c3[c-]c(N4c5ccc6sc7ccccc7c6c5[Si](c5ccccc5)(c5ccccc5)c5cccnc54)ccc3)(c3ccccc3)c3ccccc3)ccc2)nc2ccccc21.[Pd+2].[Pd+2]. The van der Waals surface area contributed by atoms with Crippen LogP contribution in [0.1, 0.15) is 0 Å². The van der Waals surface area contributed by atoms with Gasteiger partial charge >= 0.3 is 40.8 Å². The summed E-state index contributed by atoms with van der Waals surface area (Å²) in [7, 11) is -8.30. The zero-order chi connectivity index (χ0) is 90.5. The first-order valence-electron chi connectivity index (χ1n) is 46.1. The van der Waals surface area contributed by atoms with Crippen molar-refractivity contribution in [3.63, 3.8) is 0 Å². The Balaban J connectivity index is 0.000000152. The Morgan fingerprint density at radius 3 is 1.05 bits per heavy atom. The van der Waals surface area contributed by atoms with E-state index in [1.807, 2.05) is 35.1 Å². The molecule has 2 aliphatic heterocycles. The molecule has 0 amide bonds. The van der Waals surface area contributed by atoms with Crippen molar-refractivity contribution in [2.75, 3.05) is 9.80 Å². The zero-order valence-electron chi connectivity index (χ0n) is 75.1. The second kappa shape index (κ2) is 36.2. The largest absolute Gasteiger partial charge is 2.00 e. The second-order valence-electron chi connectivity index (χ2n) is 35.0. The Labute approximate surface area is 841 Å². The Morgan fingerprint density at radius 1 is 0.275 bits per heavy atom. The summed E-state index contributed by atoms with van der Waals surface area (Å²) in [6.07, 6.45) is 3.92. The fourth-order valence-corrected chi connectivity index (χ4v) is 44.8. The molecule has 0 unspecified atom stereocenters. The monoisotopic (exact) mass is 2050 g/mol. The molecule has 0 spiro atoms. The van der Waals surface area contributed by atoms with Gasteiger partial charge in [-0.3, -0.25) is 9.97 Å². The summed E-state index contributed by atoms with van der Waals surface area (Å²) in [6.45, 7) is 0. The van der Waals surface area contributed by atoms with Crippen LogP contribution in [0.25, 0.3) is 85.2 Å². The van der Waals surface area contributed by atoms with E-state index in [0.717, 1.165) is 100.0 Å². The number of anilines is 6. The molecule has 0 bridgehead atoms. The molecule has 0 aliphatic carbocycles. The first-order chi connectivity index (χ1) is 67.3. The van der Waals surface area contributed by atoms with Crippen LogP contribution in [0.4, 0.5) is 34.4 Å². The van der Waals surface area contributed by atoms with Crippen LogP contribution in [-0.2, 0) is 54.9 Å². The molecule has 24 aromatic rings. The molecule has 138 heavy (non-hydrogen) atoms. The van der Waals surface area contributed by atoms with Crippen LogP contribution < -0.4 is 92.8 Å². The first-order valence-corrected chi connectivity index (χ1v) is 55.7. The Morgan fingerprint density at radius 2 is 0.623 bits per heavy atom.